The molecule has 0 radical (unpaired) electrons. The van der Waals surface area contributed by atoms with Crippen LogP contribution >= 0.6 is 11.6 Å². The second-order valence-electron chi connectivity index (χ2n) is 0.238. The summed E-state index contributed by atoms with van der Waals surface area (Å²) in [5, 5.41) is 8.65. The molecule has 0 amide bonds. The average Bonchev–Trinajstić information content (AvgIpc) is 0.811. The Morgan fingerprint density at radius 3 is 1.67 bits per heavy atom. The van der Waals surface area contributed by atoms with E-state index in [2.05, 4.69) is 11.6 Å². The summed E-state index contributed by atoms with van der Waals surface area (Å²) >= 11 is 4.08. The molecule has 32 valence electrons. The van der Waals surface area contributed by atoms with Crippen LogP contribution in [0.3, 0.4) is 0 Å². The van der Waals surface area contributed by atoms with E-state index in [0.29, 0.717) is 0 Å². The third-order valence-electron chi connectivity index (χ3n) is 0. The van der Waals surface area contributed by atoms with Crippen molar-refractivity contribution in [2.24, 2.45) is 0 Å². The minimum atomic E-state index is -1.61. The quantitative estimate of drug-likeness (QED) is 0.201. The maximum absolute atomic E-state index is 8.65. The van der Waals surface area contributed by atoms with Crippen LogP contribution in [0, 0.1) is 7.43 Å². The number of carbonyl (C=O) groups excluding carboxylic acids is 1. The SMILES string of the molecule is O=C([O-])Cl.[CH3-].[K+]. The number of carbonyl (C=O) groups is 1. The first-order valence-electron chi connectivity index (χ1n) is 0.597. The first-order valence-corrected chi connectivity index (χ1v) is 0.975. The summed E-state index contributed by atoms with van der Waals surface area (Å²) in [6.07, 6.45) is 0. The maximum Gasteiger partial charge on any atom is 1.00 e. The van der Waals surface area contributed by atoms with Crippen LogP contribution in [0.1, 0.15) is 0 Å². The molecule has 0 aromatic carbocycles. The third-order valence-corrected chi connectivity index (χ3v) is 0. The summed E-state index contributed by atoms with van der Waals surface area (Å²) in [5.41, 5.74) is -1.61. The molecule has 2 nitrogen and oxygen atoms in total. The van der Waals surface area contributed by atoms with E-state index in [1.807, 2.05) is 0 Å². The molecule has 0 aliphatic heterocycles. The van der Waals surface area contributed by atoms with Crippen LogP contribution in [-0.2, 0) is 0 Å². The predicted octanol–water partition coefficient (Wildman–Crippen LogP) is -2.98. The van der Waals surface area contributed by atoms with Crippen LogP contribution in [0.4, 0.5) is 4.79 Å². The van der Waals surface area contributed by atoms with Gasteiger partial charge in [-0.2, -0.15) is 0 Å². The molecule has 0 atom stereocenters. The Labute approximate surface area is 84.3 Å². The number of rotatable bonds is 0. The monoisotopic (exact) mass is 133 g/mol. The Morgan fingerprint density at radius 1 is 1.67 bits per heavy atom. The fourth-order valence-corrected chi connectivity index (χ4v) is 0. The maximum atomic E-state index is 8.65. The molecule has 0 bridgehead atoms. The van der Waals surface area contributed by atoms with Gasteiger partial charge in [0.15, 0.2) is 0 Å². The van der Waals surface area contributed by atoms with Crippen molar-refractivity contribution in [3.05, 3.63) is 7.43 Å². The summed E-state index contributed by atoms with van der Waals surface area (Å²) in [6, 6.07) is 0. The van der Waals surface area contributed by atoms with Crippen molar-refractivity contribution in [3.8, 4) is 0 Å². The van der Waals surface area contributed by atoms with Gasteiger partial charge in [0, 0.05) is 0 Å². The standard InChI is InChI=1S/CHClO2.CH3.K/c2-1(3)4;;/h(H,3,4);1H3;/q;-1;+1/p-1. The zero-order valence-electron chi connectivity index (χ0n) is 3.69. The van der Waals surface area contributed by atoms with Crippen molar-refractivity contribution in [1.29, 1.82) is 0 Å². The molecule has 0 saturated carbocycles. The van der Waals surface area contributed by atoms with Crippen molar-refractivity contribution >= 4 is 17.0 Å². The molecule has 6 heavy (non-hydrogen) atoms. The molecule has 0 unspecified atom stereocenters. The van der Waals surface area contributed by atoms with Gasteiger partial charge in [-0.25, -0.2) is 0 Å². The molecule has 0 aliphatic carbocycles. The van der Waals surface area contributed by atoms with Crippen molar-refractivity contribution in [3.63, 3.8) is 0 Å². The van der Waals surface area contributed by atoms with Crippen molar-refractivity contribution in [2.45, 2.75) is 0 Å². The molecule has 0 fully saturated rings. The average molecular weight is 134 g/mol. The molecule has 0 aliphatic rings. The van der Waals surface area contributed by atoms with Gasteiger partial charge in [0.05, 0.1) is 0 Å². The summed E-state index contributed by atoms with van der Waals surface area (Å²) in [7, 11) is 0. The fraction of sp³-hybridized carbons (Fsp3) is 0. The first kappa shape index (κ1) is 15.7. The zero-order chi connectivity index (χ0) is 3.58. The Hall–Kier alpha value is 1.40. The van der Waals surface area contributed by atoms with Gasteiger partial charge < -0.3 is 17.3 Å². The molecule has 0 N–H and O–H groups in total. The Balaban J connectivity index is -0.0000000450. The van der Waals surface area contributed by atoms with Crippen molar-refractivity contribution < 1.29 is 61.3 Å². The van der Waals surface area contributed by atoms with Crippen LogP contribution in [0.25, 0.3) is 0 Å². The van der Waals surface area contributed by atoms with E-state index in [0.717, 1.165) is 0 Å². The number of halogens is 1. The minimum absolute atomic E-state index is 0. The van der Waals surface area contributed by atoms with Crippen LogP contribution in [0.2, 0.25) is 0 Å². The van der Waals surface area contributed by atoms with Crippen LogP contribution in [-0.4, -0.2) is 5.43 Å². The number of carboxylic acid groups (broad SMARTS) is 1. The molecular formula is C2H3ClKO2-. The second-order valence-corrected chi connectivity index (χ2v) is 0.546. The molecule has 0 saturated heterocycles. The fourth-order valence-electron chi connectivity index (χ4n) is 0. The zero-order valence-corrected chi connectivity index (χ0v) is 7.57. The molecule has 0 spiro atoms. The molecular weight excluding hydrogens is 131 g/mol. The van der Waals surface area contributed by atoms with Gasteiger partial charge in [0.1, 0.15) is 5.43 Å². The van der Waals surface area contributed by atoms with Gasteiger partial charge in [0.25, 0.3) is 0 Å². The van der Waals surface area contributed by atoms with Crippen molar-refractivity contribution in [2.75, 3.05) is 0 Å². The largest absolute Gasteiger partial charge is 1.00 e. The molecule has 0 aromatic rings. The van der Waals surface area contributed by atoms with E-state index in [1.165, 1.54) is 0 Å². The van der Waals surface area contributed by atoms with Crippen LogP contribution < -0.4 is 56.5 Å². The molecule has 0 rings (SSSR count). The normalized spacial score (nSPS) is 4.17. The van der Waals surface area contributed by atoms with E-state index in [-0.39, 0.29) is 58.8 Å². The van der Waals surface area contributed by atoms with Gasteiger partial charge >= 0.3 is 51.4 Å². The van der Waals surface area contributed by atoms with Gasteiger partial charge in [0.2, 0.25) is 0 Å². The summed E-state index contributed by atoms with van der Waals surface area (Å²) in [4.78, 5) is 8.65. The van der Waals surface area contributed by atoms with E-state index in [1.54, 1.807) is 0 Å². The smallest absolute Gasteiger partial charge is 0.534 e. The predicted molar refractivity (Wildman–Crippen MR) is 17.7 cm³/mol. The summed E-state index contributed by atoms with van der Waals surface area (Å²) in [6.45, 7) is 0. The molecule has 0 heterocycles. The number of hydrogen-bond acceptors (Lipinski definition) is 2. The van der Waals surface area contributed by atoms with E-state index < -0.39 is 5.43 Å². The van der Waals surface area contributed by atoms with Gasteiger partial charge in [-0.1, -0.05) is 11.6 Å². The van der Waals surface area contributed by atoms with E-state index in [9.17, 15) is 0 Å². The Morgan fingerprint density at radius 2 is 1.67 bits per heavy atom. The van der Waals surface area contributed by atoms with E-state index >= 15 is 0 Å². The molecule has 4 heteroatoms. The van der Waals surface area contributed by atoms with Gasteiger partial charge in [-0.15, -0.1) is 0 Å². The number of hydrogen-bond donors (Lipinski definition) is 0. The van der Waals surface area contributed by atoms with Crippen LogP contribution in [0.15, 0.2) is 0 Å². The minimum Gasteiger partial charge on any atom is -0.534 e. The van der Waals surface area contributed by atoms with E-state index in [4.69, 9.17) is 9.90 Å². The van der Waals surface area contributed by atoms with Crippen LogP contribution in [0.5, 0.6) is 0 Å². The van der Waals surface area contributed by atoms with Gasteiger partial charge in [-0.05, 0) is 0 Å². The summed E-state index contributed by atoms with van der Waals surface area (Å²) < 4.78 is 0. The second kappa shape index (κ2) is 9.64. The topological polar surface area (TPSA) is 40.1 Å². The summed E-state index contributed by atoms with van der Waals surface area (Å²) in [5.74, 6) is 0. The first-order chi connectivity index (χ1) is 1.73. The Kier molecular flexibility index (Phi) is 25.1. The third kappa shape index (κ3) is 53.5. The molecule has 0 aromatic heterocycles. The Bertz CT molecular complexity index is 34.5. The van der Waals surface area contributed by atoms with Gasteiger partial charge in [-0.3, -0.25) is 0 Å². The van der Waals surface area contributed by atoms with Crippen molar-refractivity contribution in [1.82, 2.24) is 0 Å².